The first-order chi connectivity index (χ1) is 8.98. The topological polar surface area (TPSA) is 57.5 Å². The predicted octanol–water partition coefficient (Wildman–Crippen LogP) is 4.52. The minimum absolute atomic E-state index is 0.148. The van der Waals surface area contributed by atoms with Gasteiger partial charge in [0.05, 0.1) is 12.0 Å². The Kier molecular flexibility index (Phi) is 10.9. The van der Waals surface area contributed by atoms with Gasteiger partial charge in [-0.1, -0.05) is 71.1 Å². The van der Waals surface area contributed by atoms with Crippen LogP contribution in [0.15, 0.2) is 0 Å². The molecule has 0 amide bonds. The summed E-state index contributed by atoms with van der Waals surface area (Å²) in [5, 5.41) is 18.5. The van der Waals surface area contributed by atoms with Crippen molar-refractivity contribution in [3.63, 3.8) is 0 Å². The maximum atomic E-state index is 10.5. The summed E-state index contributed by atoms with van der Waals surface area (Å²) in [5.74, 6) is -0.919. The van der Waals surface area contributed by atoms with Gasteiger partial charge < -0.3 is 10.2 Å². The molecule has 0 saturated carbocycles. The number of carboxylic acid groups (broad SMARTS) is 1. The van der Waals surface area contributed by atoms with E-state index in [2.05, 4.69) is 6.92 Å². The number of aliphatic carboxylic acids is 1. The van der Waals surface area contributed by atoms with Crippen molar-refractivity contribution in [1.29, 1.82) is 0 Å². The van der Waals surface area contributed by atoms with E-state index in [1.54, 1.807) is 6.92 Å². The van der Waals surface area contributed by atoms with E-state index in [1.165, 1.54) is 51.4 Å². The van der Waals surface area contributed by atoms with Gasteiger partial charge in [0.1, 0.15) is 0 Å². The Morgan fingerprint density at radius 3 is 1.74 bits per heavy atom. The highest BCUT2D eigenvalue weighted by Gasteiger charge is 2.23. The molecule has 0 aliphatic heterocycles. The zero-order chi connectivity index (χ0) is 14.6. The maximum Gasteiger partial charge on any atom is 0.306 e. The van der Waals surface area contributed by atoms with Gasteiger partial charge in [-0.25, -0.2) is 0 Å². The van der Waals surface area contributed by atoms with Crippen LogP contribution >= 0.6 is 0 Å². The SMILES string of the molecule is CCCCCCCCCCCCC(C)(O)CC(=O)O. The third-order valence-electron chi connectivity index (χ3n) is 3.60. The summed E-state index contributed by atoms with van der Waals surface area (Å²) in [7, 11) is 0. The fourth-order valence-electron chi connectivity index (χ4n) is 2.41. The molecule has 0 fully saturated rings. The second kappa shape index (κ2) is 11.3. The normalized spacial score (nSPS) is 14.3. The average Bonchev–Trinajstić information content (AvgIpc) is 2.30. The third-order valence-corrected chi connectivity index (χ3v) is 3.60. The number of unbranched alkanes of at least 4 members (excludes halogenated alkanes) is 9. The summed E-state index contributed by atoms with van der Waals surface area (Å²) in [5.41, 5.74) is -1.04. The first-order valence-corrected chi connectivity index (χ1v) is 7.92. The maximum absolute atomic E-state index is 10.5. The number of carbonyl (C=O) groups is 1. The lowest BCUT2D eigenvalue weighted by Crippen LogP contribution is -2.27. The molecule has 3 heteroatoms. The van der Waals surface area contributed by atoms with Gasteiger partial charge in [0.25, 0.3) is 0 Å². The summed E-state index contributed by atoms with van der Waals surface area (Å²) >= 11 is 0. The lowest BCUT2D eigenvalue weighted by Gasteiger charge is -2.20. The van der Waals surface area contributed by atoms with E-state index < -0.39 is 11.6 Å². The zero-order valence-corrected chi connectivity index (χ0v) is 12.8. The second-order valence-electron chi connectivity index (χ2n) is 6.00. The fourth-order valence-corrected chi connectivity index (χ4v) is 2.41. The molecule has 0 saturated heterocycles. The molecule has 2 N–H and O–H groups in total. The minimum Gasteiger partial charge on any atom is -0.481 e. The van der Waals surface area contributed by atoms with Crippen molar-refractivity contribution in [3.05, 3.63) is 0 Å². The van der Waals surface area contributed by atoms with Crippen molar-refractivity contribution in [2.75, 3.05) is 0 Å². The van der Waals surface area contributed by atoms with E-state index >= 15 is 0 Å². The van der Waals surface area contributed by atoms with Crippen LogP contribution in [0.2, 0.25) is 0 Å². The van der Waals surface area contributed by atoms with Gasteiger partial charge >= 0.3 is 5.97 Å². The molecule has 3 nitrogen and oxygen atoms in total. The molecular formula is C16H32O3. The molecule has 0 aromatic rings. The molecule has 0 aromatic heterocycles. The largest absolute Gasteiger partial charge is 0.481 e. The van der Waals surface area contributed by atoms with Crippen LogP contribution in [0.4, 0.5) is 0 Å². The van der Waals surface area contributed by atoms with Gasteiger partial charge in [-0.05, 0) is 13.3 Å². The Labute approximate surface area is 118 Å². The molecular weight excluding hydrogens is 240 g/mol. The van der Waals surface area contributed by atoms with Crippen LogP contribution in [0.3, 0.4) is 0 Å². The van der Waals surface area contributed by atoms with Crippen LogP contribution in [0.5, 0.6) is 0 Å². The Hall–Kier alpha value is -0.570. The molecule has 1 unspecified atom stereocenters. The summed E-state index contributed by atoms with van der Waals surface area (Å²) in [6.07, 6.45) is 13.0. The lowest BCUT2D eigenvalue weighted by molar-refractivity contribution is -0.142. The first-order valence-electron chi connectivity index (χ1n) is 7.92. The van der Waals surface area contributed by atoms with Crippen molar-refractivity contribution >= 4 is 5.97 Å². The predicted molar refractivity (Wildman–Crippen MR) is 79.3 cm³/mol. The van der Waals surface area contributed by atoms with Gasteiger partial charge in [-0.15, -0.1) is 0 Å². The Morgan fingerprint density at radius 2 is 1.32 bits per heavy atom. The van der Waals surface area contributed by atoms with Gasteiger partial charge in [0, 0.05) is 0 Å². The minimum atomic E-state index is -1.04. The van der Waals surface area contributed by atoms with Crippen LogP contribution in [-0.2, 0) is 4.79 Å². The van der Waals surface area contributed by atoms with Crippen LogP contribution in [-0.4, -0.2) is 21.8 Å². The van der Waals surface area contributed by atoms with Crippen molar-refractivity contribution < 1.29 is 15.0 Å². The Morgan fingerprint density at radius 1 is 0.895 bits per heavy atom. The van der Waals surface area contributed by atoms with Crippen LogP contribution in [0, 0.1) is 0 Å². The number of rotatable bonds is 13. The summed E-state index contributed by atoms with van der Waals surface area (Å²) in [4.78, 5) is 10.5. The molecule has 0 bridgehead atoms. The smallest absolute Gasteiger partial charge is 0.306 e. The summed E-state index contributed by atoms with van der Waals surface area (Å²) in [6.45, 7) is 3.86. The molecule has 0 spiro atoms. The zero-order valence-electron chi connectivity index (χ0n) is 12.8. The quantitative estimate of drug-likeness (QED) is 0.484. The molecule has 0 heterocycles. The molecule has 0 rings (SSSR count). The summed E-state index contributed by atoms with van der Waals surface area (Å²) in [6, 6.07) is 0. The number of hydrogen-bond donors (Lipinski definition) is 2. The van der Waals surface area contributed by atoms with E-state index in [9.17, 15) is 9.90 Å². The van der Waals surface area contributed by atoms with E-state index in [-0.39, 0.29) is 6.42 Å². The number of aliphatic hydroxyl groups is 1. The van der Waals surface area contributed by atoms with E-state index in [0.717, 1.165) is 12.8 Å². The van der Waals surface area contributed by atoms with Crippen molar-refractivity contribution in [1.82, 2.24) is 0 Å². The number of carboxylic acids is 1. The molecule has 0 radical (unpaired) electrons. The standard InChI is InChI=1S/C16H32O3/c1-3-4-5-6-7-8-9-10-11-12-13-16(2,19)14-15(17)18/h19H,3-14H2,1-2H3,(H,17,18). The van der Waals surface area contributed by atoms with Crippen molar-refractivity contribution in [3.8, 4) is 0 Å². The van der Waals surface area contributed by atoms with Crippen LogP contribution < -0.4 is 0 Å². The monoisotopic (exact) mass is 272 g/mol. The van der Waals surface area contributed by atoms with Crippen LogP contribution in [0.25, 0.3) is 0 Å². The molecule has 0 aromatic carbocycles. The van der Waals surface area contributed by atoms with E-state index in [0.29, 0.717) is 6.42 Å². The Balaban J connectivity index is 3.28. The van der Waals surface area contributed by atoms with Gasteiger partial charge in [0.2, 0.25) is 0 Å². The van der Waals surface area contributed by atoms with Gasteiger partial charge in [-0.2, -0.15) is 0 Å². The number of hydrogen-bond acceptors (Lipinski definition) is 2. The Bertz CT molecular complexity index is 224. The van der Waals surface area contributed by atoms with E-state index in [4.69, 9.17) is 5.11 Å². The molecule has 1 atom stereocenters. The molecule has 0 aliphatic carbocycles. The van der Waals surface area contributed by atoms with Gasteiger partial charge in [-0.3, -0.25) is 4.79 Å². The highest BCUT2D eigenvalue weighted by atomic mass is 16.4. The highest BCUT2D eigenvalue weighted by molar-refractivity contribution is 5.67. The molecule has 0 aliphatic rings. The van der Waals surface area contributed by atoms with Gasteiger partial charge in [0.15, 0.2) is 0 Å². The van der Waals surface area contributed by atoms with Crippen LogP contribution in [0.1, 0.15) is 90.9 Å². The second-order valence-corrected chi connectivity index (χ2v) is 6.00. The lowest BCUT2D eigenvalue weighted by atomic mass is 9.94. The van der Waals surface area contributed by atoms with Crippen molar-refractivity contribution in [2.24, 2.45) is 0 Å². The fraction of sp³-hybridized carbons (Fsp3) is 0.938. The highest BCUT2D eigenvalue weighted by Crippen LogP contribution is 2.19. The van der Waals surface area contributed by atoms with Crippen molar-refractivity contribution in [2.45, 2.75) is 96.5 Å². The third kappa shape index (κ3) is 13.7. The molecule has 19 heavy (non-hydrogen) atoms. The molecule has 114 valence electrons. The first kappa shape index (κ1) is 18.4. The summed E-state index contributed by atoms with van der Waals surface area (Å²) < 4.78 is 0. The average molecular weight is 272 g/mol. The van der Waals surface area contributed by atoms with E-state index in [1.807, 2.05) is 0 Å².